The van der Waals surface area contributed by atoms with Crippen molar-refractivity contribution < 1.29 is 4.79 Å². The lowest BCUT2D eigenvalue weighted by atomic mass is 10.1. The van der Waals surface area contributed by atoms with Gasteiger partial charge < -0.3 is 10.2 Å². The highest BCUT2D eigenvalue weighted by Crippen LogP contribution is 2.22. The fraction of sp³-hybridized carbons (Fsp3) is 0.250. The quantitative estimate of drug-likeness (QED) is 0.736. The van der Waals surface area contributed by atoms with E-state index >= 15 is 0 Å². The van der Waals surface area contributed by atoms with Crippen LogP contribution in [0.25, 0.3) is 6.08 Å². The maximum atomic E-state index is 12.1. The average molecular weight is 343 g/mol. The van der Waals surface area contributed by atoms with Crippen LogP contribution in [-0.2, 0) is 4.79 Å². The molecule has 4 heteroatoms. The van der Waals surface area contributed by atoms with Gasteiger partial charge in [0.1, 0.15) is 0 Å². The third-order valence-electron chi connectivity index (χ3n) is 3.89. The molecular formula is C20H23ClN2O. The second-order valence-electron chi connectivity index (χ2n) is 5.55. The number of nitrogens with one attached hydrogen (secondary N) is 1. The van der Waals surface area contributed by atoms with E-state index in [1.165, 1.54) is 11.8 Å². The fourth-order valence-electron chi connectivity index (χ4n) is 2.49. The first-order valence-corrected chi connectivity index (χ1v) is 8.51. The zero-order valence-electron chi connectivity index (χ0n) is 14.3. The number of benzene rings is 2. The monoisotopic (exact) mass is 342 g/mol. The number of aryl methyl sites for hydroxylation is 1. The Hall–Kier alpha value is -2.26. The summed E-state index contributed by atoms with van der Waals surface area (Å²) in [5, 5.41) is 3.60. The summed E-state index contributed by atoms with van der Waals surface area (Å²) >= 11 is 5.85. The molecule has 0 saturated carbocycles. The lowest BCUT2D eigenvalue weighted by Gasteiger charge is -2.22. The van der Waals surface area contributed by atoms with Crippen molar-refractivity contribution in [3.8, 4) is 0 Å². The van der Waals surface area contributed by atoms with E-state index in [1.54, 1.807) is 18.2 Å². The van der Waals surface area contributed by atoms with Crippen molar-refractivity contribution in [3.63, 3.8) is 0 Å². The first kappa shape index (κ1) is 18.1. The Morgan fingerprint density at radius 3 is 2.38 bits per heavy atom. The van der Waals surface area contributed by atoms with Gasteiger partial charge in [-0.3, -0.25) is 4.79 Å². The van der Waals surface area contributed by atoms with Gasteiger partial charge in [-0.1, -0.05) is 23.7 Å². The van der Waals surface area contributed by atoms with Crippen molar-refractivity contribution in [2.75, 3.05) is 23.3 Å². The molecular weight excluding hydrogens is 320 g/mol. The number of nitrogens with zero attached hydrogens (tertiary/aromatic N) is 1. The lowest BCUT2D eigenvalue weighted by Crippen LogP contribution is -2.22. The highest BCUT2D eigenvalue weighted by atomic mass is 35.5. The van der Waals surface area contributed by atoms with Crippen LogP contribution in [0.4, 0.5) is 11.4 Å². The van der Waals surface area contributed by atoms with Gasteiger partial charge in [0.25, 0.3) is 0 Å². The van der Waals surface area contributed by atoms with E-state index < -0.39 is 0 Å². The Morgan fingerprint density at radius 2 is 1.79 bits per heavy atom. The Kier molecular flexibility index (Phi) is 6.44. The molecule has 3 nitrogen and oxygen atoms in total. The summed E-state index contributed by atoms with van der Waals surface area (Å²) in [6.07, 6.45) is 3.30. The second kappa shape index (κ2) is 8.55. The minimum atomic E-state index is -0.149. The predicted octanol–water partition coefficient (Wildman–Crippen LogP) is 5.15. The van der Waals surface area contributed by atoms with Crippen LogP contribution in [0.15, 0.2) is 48.5 Å². The first-order chi connectivity index (χ1) is 11.5. The predicted molar refractivity (Wildman–Crippen MR) is 104 cm³/mol. The van der Waals surface area contributed by atoms with Crippen LogP contribution >= 0.6 is 11.6 Å². The highest BCUT2D eigenvalue weighted by molar-refractivity contribution is 6.30. The maximum Gasteiger partial charge on any atom is 0.248 e. The summed E-state index contributed by atoms with van der Waals surface area (Å²) in [7, 11) is 0. The topological polar surface area (TPSA) is 32.3 Å². The van der Waals surface area contributed by atoms with Crippen LogP contribution in [0.2, 0.25) is 5.02 Å². The van der Waals surface area contributed by atoms with Crippen molar-refractivity contribution in [2.24, 2.45) is 0 Å². The molecule has 2 aromatic rings. The zero-order chi connectivity index (χ0) is 17.5. The van der Waals surface area contributed by atoms with Crippen molar-refractivity contribution in [3.05, 3.63) is 64.7 Å². The number of carbonyl (C=O) groups excluding carboxylic acids is 1. The highest BCUT2D eigenvalue weighted by Gasteiger charge is 2.06. The van der Waals surface area contributed by atoms with E-state index in [9.17, 15) is 4.79 Å². The SMILES string of the molecule is CCN(CC)c1ccc(NC(=O)/C=C/c2ccc(Cl)cc2)c(C)c1. The van der Waals surface area contributed by atoms with E-state index in [-0.39, 0.29) is 5.91 Å². The first-order valence-electron chi connectivity index (χ1n) is 8.13. The molecule has 2 aromatic carbocycles. The average Bonchev–Trinajstić information content (AvgIpc) is 2.58. The minimum absolute atomic E-state index is 0.149. The summed E-state index contributed by atoms with van der Waals surface area (Å²) in [5.74, 6) is -0.149. The molecule has 0 heterocycles. The van der Waals surface area contributed by atoms with Crippen LogP contribution in [0.5, 0.6) is 0 Å². The Labute approximate surface area is 148 Å². The van der Waals surface area contributed by atoms with Crippen molar-refractivity contribution in [2.45, 2.75) is 20.8 Å². The summed E-state index contributed by atoms with van der Waals surface area (Å²) in [6, 6.07) is 13.4. The lowest BCUT2D eigenvalue weighted by molar-refractivity contribution is -0.111. The maximum absolute atomic E-state index is 12.1. The molecule has 0 aliphatic rings. The molecule has 0 spiro atoms. The summed E-state index contributed by atoms with van der Waals surface area (Å²) in [6.45, 7) is 8.20. The zero-order valence-corrected chi connectivity index (χ0v) is 15.1. The fourth-order valence-corrected chi connectivity index (χ4v) is 2.62. The van der Waals surface area contributed by atoms with Gasteiger partial charge in [-0.2, -0.15) is 0 Å². The normalized spacial score (nSPS) is 10.8. The molecule has 0 aliphatic carbocycles. The largest absolute Gasteiger partial charge is 0.372 e. The third-order valence-corrected chi connectivity index (χ3v) is 4.15. The minimum Gasteiger partial charge on any atom is -0.372 e. The molecule has 24 heavy (non-hydrogen) atoms. The number of carbonyl (C=O) groups is 1. The van der Waals surface area contributed by atoms with Crippen molar-refractivity contribution in [1.29, 1.82) is 0 Å². The molecule has 1 amide bonds. The number of rotatable bonds is 6. The standard InChI is InChI=1S/C20H23ClN2O/c1-4-23(5-2)18-11-12-19(15(3)14-18)22-20(24)13-8-16-6-9-17(21)10-7-16/h6-14H,4-5H2,1-3H3,(H,22,24)/b13-8+. The summed E-state index contributed by atoms with van der Waals surface area (Å²) in [4.78, 5) is 14.4. The number of halogens is 1. The smallest absolute Gasteiger partial charge is 0.248 e. The third kappa shape index (κ3) is 4.87. The van der Waals surface area contributed by atoms with Gasteiger partial charge in [0.15, 0.2) is 0 Å². The molecule has 0 bridgehead atoms. The van der Waals surface area contributed by atoms with Crippen molar-refractivity contribution in [1.82, 2.24) is 0 Å². The summed E-state index contributed by atoms with van der Waals surface area (Å²) < 4.78 is 0. The van der Waals surface area contributed by atoms with E-state index in [1.807, 2.05) is 31.2 Å². The number of hydrogen-bond acceptors (Lipinski definition) is 2. The van der Waals surface area contributed by atoms with Gasteiger partial charge in [0.2, 0.25) is 5.91 Å². The van der Waals surface area contributed by atoms with Crippen LogP contribution in [-0.4, -0.2) is 19.0 Å². The molecule has 0 radical (unpaired) electrons. The number of amides is 1. The van der Waals surface area contributed by atoms with E-state index in [2.05, 4.69) is 30.1 Å². The van der Waals surface area contributed by atoms with Gasteiger partial charge in [0, 0.05) is 35.6 Å². The van der Waals surface area contributed by atoms with Crippen LogP contribution in [0.3, 0.4) is 0 Å². The van der Waals surface area contributed by atoms with E-state index in [4.69, 9.17) is 11.6 Å². The Balaban J connectivity index is 2.04. The van der Waals surface area contributed by atoms with Gasteiger partial charge in [0.05, 0.1) is 0 Å². The van der Waals surface area contributed by atoms with Gasteiger partial charge >= 0.3 is 0 Å². The molecule has 0 aliphatic heterocycles. The van der Waals surface area contributed by atoms with Gasteiger partial charge in [-0.15, -0.1) is 0 Å². The molecule has 0 fully saturated rings. The second-order valence-corrected chi connectivity index (χ2v) is 5.98. The number of hydrogen-bond donors (Lipinski definition) is 1. The summed E-state index contributed by atoms with van der Waals surface area (Å²) in [5.41, 5.74) is 3.99. The Morgan fingerprint density at radius 1 is 1.12 bits per heavy atom. The van der Waals surface area contributed by atoms with Gasteiger partial charge in [-0.25, -0.2) is 0 Å². The molecule has 2 rings (SSSR count). The molecule has 0 aromatic heterocycles. The van der Waals surface area contributed by atoms with Crippen LogP contribution in [0.1, 0.15) is 25.0 Å². The van der Waals surface area contributed by atoms with E-state index in [0.717, 1.165) is 29.9 Å². The molecule has 1 N–H and O–H groups in total. The number of anilines is 2. The molecule has 126 valence electrons. The van der Waals surface area contributed by atoms with Gasteiger partial charge in [-0.05, 0) is 68.3 Å². The van der Waals surface area contributed by atoms with E-state index in [0.29, 0.717) is 5.02 Å². The van der Waals surface area contributed by atoms with Crippen molar-refractivity contribution >= 4 is 35.0 Å². The van der Waals surface area contributed by atoms with Crippen LogP contribution in [0, 0.1) is 6.92 Å². The molecule has 0 unspecified atom stereocenters. The molecule has 0 atom stereocenters. The molecule has 0 saturated heterocycles. The Bertz CT molecular complexity index is 719. The van der Waals surface area contributed by atoms with Crippen LogP contribution < -0.4 is 10.2 Å².